The molecule has 3 aliphatic heterocycles. The van der Waals surface area contributed by atoms with Gasteiger partial charge in [-0.25, -0.2) is 0 Å². The second-order valence-corrected chi connectivity index (χ2v) is 8.38. The predicted molar refractivity (Wildman–Crippen MR) is 98.3 cm³/mol. The number of imide groups is 2. The molecule has 1 saturated carbocycles. The standard InChI is InChI=1S/C20H22N4O4/c25-15-5-4-14(17(26)23-15)24-18(27)13-3-1-2-11(16(13)19(24)28)8-22-12-6-20(7-12)9-21-10-20/h1-3,12,14,21-22H,4-10H2,(H,23,25,26). The Hall–Kier alpha value is -2.58. The first kappa shape index (κ1) is 17.5. The van der Waals surface area contributed by atoms with Gasteiger partial charge in [0.15, 0.2) is 0 Å². The number of hydrogen-bond donors (Lipinski definition) is 3. The van der Waals surface area contributed by atoms with Crippen molar-refractivity contribution in [3.8, 4) is 0 Å². The summed E-state index contributed by atoms with van der Waals surface area (Å²) in [7, 11) is 0. The minimum absolute atomic E-state index is 0.122. The number of nitrogens with one attached hydrogen (secondary N) is 3. The molecule has 0 bridgehead atoms. The SMILES string of the molecule is O=C1CCC(N2C(=O)c3cccc(CNC4CC5(CNC5)C4)c3C2=O)C(=O)N1. The van der Waals surface area contributed by atoms with Crippen LogP contribution in [0.2, 0.25) is 0 Å². The Bertz CT molecular complexity index is 899. The molecule has 4 aliphatic rings. The molecule has 5 rings (SSSR count). The Morgan fingerprint density at radius 2 is 1.89 bits per heavy atom. The fraction of sp³-hybridized carbons (Fsp3) is 0.500. The maximum Gasteiger partial charge on any atom is 0.262 e. The topological polar surface area (TPSA) is 108 Å². The maximum atomic E-state index is 13.0. The van der Waals surface area contributed by atoms with E-state index in [2.05, 4.69) is 16.0 Å². The first-order chi connectivity index (χ1) is 13.5. The van der Waals surface area contributed by atoms with Gasteiger partial charge in [0.1, 0.15) is 6.04 Å². The number of fused-ring (bicyclic) bond motifs is 1. The number of nitrogens with zero attached hydrogens (tertiary/aromatic N) is 1. The third-order valence-corrected chi connectivity index (χ3v) is 6.49. The number of carbonyl (C=O) groups excluding carboxylic acids is 4. The van der Waals surface area contributed by atoms with Crippen molar-refractivity contribution in [1.29, 1.82) is 0 Å². The van der Waals surface area contributed by atoms with Crippen molar-refractivity contribution in [3.05, 3.63) is 34.9 Å². The molecule has 2 saturated heterocycles. The van der Waals surface area contributed by atoms with Gasteiger partial charge in [0, 0.05) is 32.1 Å². The van der Waals surface area contributed by atoms with Crippen molar-refractivity contribution in [3.63, 3.8) is 0 Å². The summed E-state index contributed by atoms with van der Waals surface area (Å²) in [6.07, 6.45) is 2.55. The normalized spacial score (nSPS) is 26.1. The van der Waals surface area contributed by atoms with Crippen LogP contribution < -0.4 is 16.0 Å². The summed E-state index contributed by atoms with van der Waals surface area (Å²) < 4.78 is 0. The van der Waals surface area contributed by atoms with Gasteiger partial charge in [-0.3, -0.25) is 29.4 Å². The van der Waals surface area contributed by atoms with Crippen LogP contribution in [0, 0.1) is 5.41 Å². The monoisotopic (exact) mass is 382 g/mol. The Morgan fingerprint density at radius 3 is 2.57 bits per heavy atom. The summed E-state index contributed by atoms with van der Waals surface area (Å²) in [5.74, 6) is -1.86. The minimum atomic E-state index is -0.927. The molecule has 1 spiro atoms. The lowest BCUT2D eigenvalue weighted by molar-refractivity contribution is -0.136. The highest BCUT2D eigenvalue weighted by Crippen LogP contribution is 2.44. The fourth-order valence-electron chi connectivity index (χ4n) is 4.88. The molecule has 0 radical (unpaired) electrons. The Balaban J connectivity index is 1.33. The van der Waals surface area contributed by atoms with Gasteiger partial charge in [-0.1, -0.05) is 12.1 Å². The van der Waals surface area contributed by atoms with Gasteiger partial charge in [0.2, 0.25) is 11.8 Å². The van der Waals surface area contributed by atoms with Gasteiger partial charge in [-0.05, 0) is 36.3 Å². The molecular weight excluding hydrogens is 360 g/mol. The van der Waals surface area contributed by atoms with E-state index in [1.165, 1.54) is 0 Å². The van der Waals surface area contributed by atoms with Crippen molar-refractivity contribution in [2.75, 3.05) is 13.1 Å². The summed E-state index contributed by atoms with van der Waals surface area (Å²) in [6.45, 7) is 2.68. The summed E-state index contributed by atoms with van der Waals surface area (Å²) >= 11 is 0. The van der Waals surface area contributed by atoms with Gasteiger partial charge < -0.3 is 10.6 Å². The molecule has 4 amide bonds. The van der Waals surface area contributed by atoms with Gasteiger partial charge in [0.25, 0.3) is 11.8 Å². The fourth-order valence-corrected chi connectivity index (χ4v) is 4.88. The Labute approximate surface area is 162 Å². The van der Waals surface area contributed by atoms with E-state index in [0.29, 0.717) is 29.1 Å². The third kappa shape index (κ3) is 2.59. The molecule has 3 heterocycles. The van der Waals surface area contributed by atoms with Crippen LogP contribution >= 0.6 is 0 Å². The third-order valence-electron chi connectivity index (χ3n) is 6.49. The number of rotatable bonds is 4. The molecule has 0 aromatic heterocycles. The van der Waals surface area contributed by atoms with E-state index in [0.717, 1.165) is 36.4 Å². The molecule has 3 N–H and O–H groups in total. The van der Waals surface area contributed by atoms with Crippen LogP contribution in [0.25, 0.3) is 0 Å². The van der Waals surface area contributed by atoms with E-state index >= 15 is 0 Å². The molecule has 3 fully saturated rings. The van der Waals surface area contributed by atoms with E-state index in [-0.39, 0.29) is 18.7 Å². The molecule has 1 atom stereocenters. The van der Waals surface area contributed by atoms with Gasteiger partial charge >= 0.3 is 0 Å². The summed E-state index contributed by atoms with van der Waals surface area (Å²) in [5.41, 5.74) is 1.95. The molecule has 1 aromatic carbocycles. The molecule has 28 heavy (non-hydrogen) atoms. The summed E-state index contributed by atoms with van der Waals surface area (Å²) in [5, 5.41) is 9.04. The van der Waals surface area contributed by atoms with Crippen molar-refractivity contribution in [2.24, 2.45) is 5.41 Å². The zero-order valence-corrected chi connectivity index (χ0v) is 15.4. The molecular formula is C20H22N4O4. The van der Waals surface area contributed by atoms with E-state index in [1.807, 2.05) is 6.07 Å². The van der Waals surface area contributed by atoms with Crippen LogP contribution in [0.15, 0.2) is 18.2 Å². The molecule has 1 unspecified atom stereocenters. The van der Waals surface area contributed by atoms with E-state index in [4.69, 9.17) is 0 Å². The predicted octanol–water partition coefficient (Wildman–Crippen LogP) is -0.0706. The first-order valence-corrected chi connectivity index (χ1v) is 9.75. The Kier molecular flexibility index (Phi) is 3.89. The van der Waals surface area contributed by atoms with Crippen molar-refractivity contribution >= 4 is 23.6 Å². The first-order valence-electron chi connectivity index (χ1n) is 9.75. The maximum absolute atomic E-state index is 13.0. The van der Waals surface area contributed by atoms with Gasteiger partial charge in [-0.15, -0.1) is 0 Å². The van der Waals surface area contributed by atoms with Crippen LogP contribution in [0.1, 0.15) is 52.0 Å². The van der Waals surface area contributed by atoms with E-state index in [9.17, 15) is 19.2 Å². The van der Waals surface area contributed by atoms with Crippen LogP contribution in [0.5, 0.6) is 0 Å². The van der Waals surface area contributed by atoms with Crippen LogP contribution in [-0.4, -0.2) is 53.7 Å². The number of amides is 4. The van der Waals surface area contributed by atoms with Crippen LogP contribution in [0.3, 0.4) is 0 Å². The lowest BCUT2D eigenvalue weighted by atomic mass is 9.61. The Morgan fingerprint density at radius 1 is 1.11 bits per heavy atom. The average Bonchev–Trinajstić information content (AvgIpc) is 2.84. The molecule has 146 valence electrons. The number of benzene rings is 1. The number of hydrogen-bond acceptors (Lipinski definition) is 6. The highest BCUT2D eigenvalue weighted by Gasteiger charge is 2.48. The average molecular weight is 382 g/mol. The minimum Gasteiger partial charge on any atom is -0.316 e. The van der Waals surface area contributed by atoms with Crippen molar-refractivity contribution in [1.82, 2.24) is 20.9 Å². The summed E-state index contributed by atoms with van der Waals surface area (Å²) in [4.78, 5) is 50.5. The molecule has 8 heteroatoms. The molecule has 8 nitrogen and oxygen atoms in total. The molecule has 1 aromatic rings. The van der Waals surface area contributed by atoms with E-state index in [1.54, 1.807) is 12.1 Å². The lowest BCUT2D eigenvalue weighted by Gasteiger charge is -2.54. The second-order valence-electron chi connectivity index (χ2n) is 8.38. The quantitative estimate of drug-likeness (QED) is 0.630. The van der Waals surface area contributed by atoms with Crippen molar-refractivity contribution in [2.45, 2.75) is 44.3 Å². The van der Waals surface area contributed by atoms with Crippen LogP contribution in [-0.2, 0) is 16.1 Å². The van der Waals surface area contributed by atoms with Crippen LogP contribution in [0.4, 0.5) is 0 Å². The summed E-state index contributed by atoms with van der Waals surface area (Å²) in [6, 6.07) is 4.75. The second kappa shape index (κ2) is 6.22. The van der Waals surface area contributed by atoms with Gasteiger partial charge in [-0.2, -0.15) is 0 Å². The number of carbonyl (C=O) groups is 4. The van der Waals surface area contributed by atoms with E-state index < -0.39 is 23.8 Å². The largest absolute Gasteiger partial charge is 0.316 e. The molecule has 1 aliphatic carbocycles. The highest BCUT2D eigenvalue weighted by atomic mass is 16.2. The zero-order valence-electron chi connectivity index (χ0n) is 15.4. The lowest BCUT2D eigenvalue weighted by Crippen LogP contribution is -2.64. The van der Waals surface area contributed by atoms with Gasteiger partial charge in [0.05, 0.1) is 11.1 Å². The smallest absolute Gasteiger partial charge is 0.262 e. The highest BCUT2D eigenvalue weighted by molar-refractivity contribution is 6.24. The van der Waals surface area contributed by atoms with Crippen molar-refractivity contribution < 1.29 is 19.2 Å². The number of piperidine rings is 1. The zero-order chi connectivity index (χ0) is 19.5.